The molecule has 2 heterocycles. The second-order valence-electron chi connectivity index (χ2n) is 9.87. The van der Waals surface area contributed by atoms with E-state index in [1.807, 2.05) is 6.07 Å². The van der Waals surface area contributed by atoms with Crippen LogP contribution in [0.4, 0.5) is 5.69 Å². The van der Waals surface area contributed by atoms with E-state index in [9.17, 15) is 9.35 Å². The summed E-state index contributed by atoms with van der Waals surface area (Å²) in [5.74, 6) is 1.45. The molecular weight excluding hydrogens is 434 g/mol. The minimum absolute atomic E-state index is 0.220. The molecule has 4 rings (SSSR count). The van der Waals surface area contributed by atoms with Crippen molar-refractivity contribution in [2.24, 2.45) is 10.4 Å². The SMILES string of the molecule is CC1(C)CC=C(c2cc(CCN3CC[S+]([O-])CC3)ccc2NC(=O)C2=NC(C#N)CN2)CC1. The highest BCUT2D eigenvalue weighted by molar-refractivity contribution is 7.91. The highest BCUT2D eigenvalue weighted by atomic mass is 32.2. The first kappa shape index (κ1) is 23.8. The van der Waals surface area contributed by atoms with Gasteiger partial charge < -0.3 is 15.2 Å². The average molecular weight is 468 g/mol. The summed E-state index contributed by atoms with van der Waals surface area (Å²) in [6.45, 7) is 7.69. The van der Waals surface area contributed by atoms with Crippen molar-refractivity contribution in [1.29, 1.82) is 5.26 Å². The number of amides is 1. The standard InChI is InChI=1S/C25H33N5O2S/c1-25(2)8-5-19(6-9-25)21-15-18(7-10-30-11-13-33(32)14-12-30)3-4-22(21)29-24(31)23-27-17-20(16-26)28-23/h3-5,15,20H,6-14,17H2,1-2H3,(H,27,28)(H,29,31). The number of nitrogens with zero attached hydrogens (tertiary/aromatic N) is 3. The smallest absolute Gasteiger partial charge is 0.290 e. The number of nitriles is 1. The Morgan fingerprint density at radius 2 is 2.18 bits per heavy atom. The van der Waals surface area contributed by atoms with Crippen molar-refractivity contribution in [1.82, 2.24) is 10.2 Å². The fourth-order valence-electron chi connectivity index (χ4n) is 4.46. The summed E-state index contributed by atoms with van der Waals surface area (Å²) in [7, 11) is 0. The molecule has 0 radical (unpaired) electrons. The van der Waals surface area contributed by atoms with Gasteiger partial charge in [-0.3, -0.25) is 9.69 Å². The predicted molar refractivity (Wildman–Crippen MR) is 134 cm³/mol. The highest BCUT2D eigenvalue weighted by Crippen LogP contribution is 2.40. The number of anilines is 1. The lowest BCUT2D eigenvalue weighted by Gasteiger charge is -2.30. The minimum atomic E-state index is -0.658. The summed E-state index contributed by atoms with van der Waals surface area (Å²) >= 11 is -0.658. The Kier molecular flexibility index (Phi) is 7.42. The van der Waals surface area contributed by atoms with Gasteiger partial charge in [0.1, 0.15) is 11.5 Å². The van der Waals surface area contributed by atoms with Crippen LogP contribution in [0.3, 0.4) is 0 Å². The molecule has 1 amide bonds. The van der Waals surface area contributed by atoms with Crippen LogP contribution < -0.4 is 10.6 Å². The van der Waals surface area contributed by atoms with Gasteiger partial charge in [-0.25, -0.2) is 4.99 Å². The van der Waals surface area contributed by atoms with E-state index >= 15 is 0 Å². The molecule has 1 saturated heterocycles. The molecule has 176 valence electrons. The summed E-state index contributed by atoms with van der Waals surface area (Å²) in [6, 6.07) is 7.85. The topological polar surface area (TPSA) is 104 Å². The molecule has 0 aromatic heterocycles. The van der Waals surface area contributed by atoms with Crippen LogP contribution in [0.5, 0.6) is 0 Å². The number of rotatable bonds is 6. The average Bonchev–Trinajstić information content (AvgIpc) is 3.29. The molecule has 1 atom stereocenters. The van der Waals surface area contributed by atoms with Crippen LogP contribution in [-0.4, -0.2) is 64.9 Å². The number of aliphatic imine (C=N–C) groups is 1. The van der Waals surface area contributed by atoms with Crippen molar-refractivity contribution in [3.63, 3.8) is 0 Å². The summed E-state index contributed by atoms with van der Waals surface area (Å²) in [5, 5.41) is 15.0. The van der Waals surface area contributed by atoms with Gasteiger partial charge in [0.15, 0.2) is 11.9 Å². The summed E-state index contributed by atoms with van der Waals surface area (Å²) < 4.78 is 11.6. The van der Waals surface area contributed by atoms with Gasteiger partial charge in [-0.1, -0.05) is 37.2 Å². The Labute approximate surface area is 199 Å². The number of hydrogen-bond acceptors (Lipinski definition) is 6. The molecule has 1 aromatic carbocycles. The van der Waals surface area contributed by atoms with Crippen molar-refractivity contribution in [3.8, 4) is 6.07 Å². The molecule has 1 fully saturated rings. The first-order chi connectivity index (χ1) is 15.8. The number of hydrogen-bond donors (Lipinski definition) is 2. The monoisotopic (exact) mass is 467 g/mol. The fourth-order valence-corrected chi connectivity index (χ4v) is 5.59. The Morgan fingerprint density at radius 1 is 1.39 bits per heavy atom. The van der Waals surface area contributed by atoms with Gasteiger partial charge in [-0.2, -0.15) is 5.26 Å². The Balaban J connectivity index is 1.52. The van der Waals surface area contributed by atoms with Crippen LogP contribution >= 0.6 is 0 Å². The summed E-state index contributed by atoms with van der Waals surface area (Å²) in [6.07, 6.45) is 6.34. The van der Waals surface area contributed by atoms with Crippen LogP contribution in [0.1, 0.15) is 44.2 Å². The van der Waals surface area contributed by atoms with E-state index in [-0.39, 0.29) is 11.7 Å². The number of amidine groups is 1. The number of carbonyl (C=O) groups excluding carboxylic acids is 1. The second-order valence-corrected chi connectivity index (χ2v) is 11.6. The molecular formula is C25H33N5O2S. The first-order valence-corrected chi connectivity index (χ1v) is 13.2. The minimum Gasteiger partial charge on any atom is -0.616 e. The molecule has 2 N–H and O–H groups in total. The second kappa shape index (κ2) is 10.3. The van der Waals surface area contributed by atoms with Gasteiger partial charge in [0.2, 0.25) is 0 Å². The number of carbonyl (C=O) groups is 1. The van der Waals surface area contributed by atoms with Crippen molar-refractivity contribution >= 4 is 34.2 Å². The van der Waals surface area contributed by atoms with Gasteiger partial charge in [0, 0.05) is 30.9 Å². The normalized spacial score (nSPS) is 23.3. The molecule has 0 saturated carbocycles. The zero-order valence-electron chi connectivity index (χ0n) is 19.5. The molecule has 1 unspecified atom stereocenters. The van der Waals surface area contributed by atoms with Gasteiger partial charge in [-0.05, 0) is 54.4 Å². The molecule has 2 aliphatic heterocycles. The van der Waals surface area contributed by atoms with Gasteiger partial charge in [-0.15, -0.1) is 0 Å². The molecule has 1 aliphatic carbocycles. The van der Waals surface area contributed by atoms with E-state index in [0.717, 1.165) is 68.1 Å². The van der Waals surface area contributed by atoms with Crippen LogP contribution in [0, 0.1) is 16.7 Å². The van der Waals surface area contributed by atoms with E-state index in [0.29, 0.717) is 12.0 Å². The van der Waals surface area contributed by atoms with E-state index < -0.39 is 17.2 Å². The maximum atomic E-state index is 12.8. The Bertz CT molecular complexity index is 989. The zero-order valence-corrected chi connectivity index (χ0v) is 20.3. The lowest BCUT2D eigenvalue weighted by atomic mass is 9.76. The molecule has 3 aliphatic rings. The third-order valence-electron chi connectivity index (χ3n) is 6.75. The van der Waals surface area contributed by atoms with E-state index in [1.165, 1.54) is 11.1 Å². The fraction of sp³-hybridized carbons (Fsp3) is 0.560. The number of benzene rings is 1. The molecule has 7 nitrogen and oxygen atoms in total. The van der Waals surface area contributed by atoms with Crippen LogP contribution in [-0.2, 0) is 22.4 Å². The first-order valence-electron chi connectivity index (χ1n) is 11.8. The van der Waals surface area contributed by atoms with Gasteiger partial charge >= 0.3 is 0 Å². The van der Waals surface area contributed by atoms with E-state index in [2.05, 4.69) is 58.7 Å². The van der Waals surface area contributed by atoms with Crippen molar-refractivity contribution < 1.29 is 9.35 Å². The van der Waals surface area contributed by atoms with Gasteiger partial charge in [0.05, 0.1) is 12.6 Å². The van der Waals surface area contributed by atoms with E-state index in [1.54, 1.807) is 0 Å². The number of nitrogens with one attached hydrogen (secondary N) is 2. The van der Waals surface area contributed by atoms with Gasteiger partial charge in [0.25, 0.3) is 5.91 Å². The van der Waals surface area contributed by atoms with Crippen LogP contribution in [0.2, 0.25) is 0 Å². The quantitative estimate of drug-likeness (QED) is 0.626. The number of allylic oxidation sites excluding steroid dienone is 2. The maximum Gasteiger partial charge on any atom is 0.290 e. The zero-order chi connectivity index (χ0) is 23.4. The van der Waals surface area contributed by atoms with Crippen molar-refractivity contribution in [2.45, 2.75) is 45.6 Å². The largest absolute Gasteiger partial charge is 0.616 e. The third kappa shape index (κ3) is 6.17. The molecule has 0 spiro atoms. The predicted octanol–water partition coefficient (Wildman–Crippen LogP) is 2.72. The van der Waals surface area contributed by atoms with Crippen molar-refractivity contribution in [2.75, 3.05) is 43.0 Å². The third-order valence-corrected chi connectivity index (χ3v) is 8.03. The summed E-state index contributed by atoms with van der Waals surface area (Å²) in [4.78, 5) is 19.3. The molecule has 0 bridgehead atoms. The maximum absolute atomic E-state index is 12.8. The molecule has 1 aromatic rings. The van der Waals surface area contributed by atoms with Crippen LogP contribution in [0.25, 0.3) is 5.57 Å². The van der Waals surface area contributed by atoms with Crippen molar-refractivity contribution in [3.05, 3.63) is 35.4 Å². The lowest BCUT2D eigenvalue weighted by Crippen LogP contribution is -2.41. The van der Waals surface area contributed by atoms with Crippen LogP contribution in [0.15, 0.2) is 29.3 Å². The lowest BCUT2D eigenvalue weighted by molar-refractivity contribution is -0.110. The Morgan fingerprint density at radius 3 is 2.85 bits per heavy atom. The molecule has 8 heteroatoms. The molecule has 33 heavy (non-hydrogen) atoms. The summed E-state index contributed by atoms with van der Waals surface area (Å²) in [5.41, 5.74) is 4.67. The Hall–Kier alpha value is -2.34. The van der Waals surface area contributed by atoms with E-state index in [4.69, 9.17) is 5.26 Å². The highest BCUT2D eigenvalue weighted by Gasteiger charge is 2.26.